The fraction of sp³-hybridized carbons (Fsp3) is 0.471. The molecule has 8 heteroatoms. The zero-order valence-corrected chi connectivity index (χ0v) is 14.9. The van der Waals surface area contributed by atoms with E-state index in [1.54, 1.807) is 31.6 Å². The van der Waals surface area contributed by atoms with Gasteiger partial charge in [-0.1, -0.05) is 6.92 Å². The molecule has 0 unspecified atom stereocenters. The van der Waals surface area contributed by atoms with Crippen molar-refractivity contribution in [3.63, 3.8) is 0 Å². The van der Waals surface area contributed by atoms with Gasteiger partial charge in [0.25, 0.3) is 0 Å². The SMILES string of the molecule is COCCOc1ccc(NC(=O)NC[C@@H](C)Cn2ccnc2C)cn1. The van der Waals surface area contributed by atoms with Crippen LogP contribution in [-0.2, 0) is 11.3 Å². The third-order valence-electron chi connectivity index (χ3n) is 3.57. The Labute approximate surface area is 147 Å². The first kappa shape index (κ1) is 18.7. The number of pyridine rings is 1. The second-order valence-electron chi connectivity index (χ2n) is 5.79. The molecular weight excluding hydrogens is 322 g/mol. The molecule has 2 amide bonds. The number of carbonyl (C=O) groups is 1. The smallest absolute Gasteiger partial charge is 0.319 e. The largest absolute Gasteiger partial charge is 0.475 e. The fourth-order valence-electron chi connectivity index (χ4n) is 2.21. The van der Waals surface area contributed by atoms with Crippen molar-refractivity contribution in [2.24, 2.45) is 5.92 Å². The summed E-state index contributed by atoms with van der Waals surface area (Å²) in [7, 11) is 1.61. The molecule has 0 saturated heterocycles. The van der Waals surface area contributed by atoms with E-state index in [-0.39, 0.29) is 11.9 Å². The Morgan fingerprint density at radius 2 is 2.16 bits per heavy atom. The van der Waals surface area contributed by atoms with Crippen molar-refractivity contribution in [3.8, 4) is 5.88 Å². The Bertz CT molecular complexity index is 657. The van der Waals surface area contributed by atoms with Crippen molar-refractivity contribution >= 4 is 11.7 Å². The summed E-state index contributed by atoms with van der Waals surface area (Å²) in [6.07, 6.45) is 5.27. The van der Waals surface area contributed by atoms with Gasteiger partial charge in [0.2, 0.25) is 5.88 Å². The van der Waals surface area contributed by atoms with Gasteiger partial charge in [-0.15, -0.1) is 0 Å². The molecule has 2 N–H and O–H groups in total. The Kier molecular flexibility index (Phi) is 7.21. The average molecular weight is 347 g/mol. The number of hydrogen-bond donors (Lipinski definition) is 2. The molecule has 25 heavy (non-hydrogen) atoms. The molecule has 0 radical (unpaired) electrons. The van der Waals surface area contributed by atoms with Gasteiger partial charge in [-0.3, -0.25) is 0 Å². The van der Waals surface area contributed by atoms with Crippen LogP contribution in [0.5, 0.6) is 5.88 Å². The van der Waals surface area contributed by atoms with Crippen molar-refractivity contribution in [3.05, 3.63) is 36.5 Å². The summed E-state index contributed by atoms with van der Waals surface area (Å²) in [5.74, 6) is 1.75. The average Bonchev–Trinajstić information content (AvgIpc) is 3.00. The zero-order chi connectivity index (χ0) is 18.1. The van der Waals surface area contributed by atoms with Crippen molar-refractivity contribution in [2.45, 2.75) is 20.4 Å². The minimum absolute atomic E-state index is 0.260. The first-order valence-electron chi connectivity index (χ1n) is 8.19. The fourth-order valence-corrected chi connectivity index (χ4v) is 2.21. The number of aryl methyl sites for hydroxylation is 1. The molecule has 2 aromatic heterocycles. The number of anilines is 1. The maximum atomic E-state index is 12.0. The van der Waals surface area contributed by atoms with Crippen LogP contribution in [-0.4, -0.2) is 47.4 Å². The monoisotopic (exact) mass is 347 g/mol. The van der Waals surface area contributed by atoms with Gasteiger partial charge in [0.1, 0.15) is 12.4 Å². The summed E-state index contributed by atoms with van der Waals surface area (Å²) in [6, 6.07) is 3.19. The van der Waals surface area contributed by atoms with Crippen LogP contribution in [0.3, 0.4) is 0 Å². The van der Waals surface area contributed by atoms with E-state index in [0.717, 1.165) is 12.4 Å². The highest BCUT2D eigenvalue weighted by atomic mass is 16.5. The van der Waals surface area contributed by atoms with Gasteiger partial charge in [-0.05, 0) is 18.9 Å². The quantitative estimate of drug-likeness (QED) is 0.678. The molecule has 0 saturated carbocycles. The van der Waals surface area contributed by atoms with E-state index in [1.807, 2.05) is 13.1 Å². The highest BCUT2D eigenvalue weighted by molar-refractivity contribution is 5.88. The van der Waals surface area contributed by atoms with E-state index in [9.17, 15) is 4.79 Å². The van der Waals surface area contributed by atoms with Gasteiger partial charge in [0, 0.05) is 38.7 Å². The number of carbonyl (C=O) groups excluding carboxylic acids is 1. The zero-order valence-electron chi connectivity index (χ0n) is 14.9. The van der Waals surface area contributed by atoms with E-state index < -0.39 is 0 Å². The van der Waals surface area contributed by atoms with Crippen molar-refractivity contribution in [1.29, 1.82) is 0 Å². The Morgan fingerprint density at radius 3 is 2.80 bits per heavy atom. The molecule has 0 aliphatic rings. The molecule has 136 valence electrons. The molecule has 0 aliphatic carbocycles. The van der Waals surface area contributed by atoms with Crippen LogP contribution in [0.1, 0.15) is 12.7 Å². The maximum Gasteiger partial charge on any atom is 0.319 e. The molecular formula is C17H25N5O3. The topological polar surface area (TPSA) is 90.3 Å². The van der Waals surface area contributed by atoms with Gasteiger partial charge in [0.15, 0.2) is 0 Å². The Hall–Kier alpha value is -2.61. The molecule has 8 nitrogen and oxygen atoms in total. The number of nitrogens with one attached hydrogen (secondary N) is 2. The molecule has 1 atom stereocenters. The molecule has 0 aliphatic heterocycles. The maximum absolute atomic E-state index is 12.0. The standard InChI is InChI=1S/C17H25N5O3/c1-13(12-22-7-6-18-14(22)2)10-20-17(23)21-15-4-5-16(19-11-15)25-9-8-24-3/h4-7,11,13H,8-10,12H2,1-3H3,(H2,20,21,23)/t13-/m1/s1. The van der Waals surface area contributed by atoms with Crippen LogP contribution in [0.25, 0.3) is 0 Å². The minimum Gasteiger partial charge on any atom is -0.475 e. The Morgan fingerprint density at radius 1 is 1.32 bits per heavy atom. The van der Waals surface area contributed by atoms with E-state index >= 15 is 0 Å². The molecule has 0 bridgehead atoms. The second-order valence-corrected chi connectivity index (χ2v) is 5.79. The third kappa shape index (κ3) is 6.42. The summed E-state index contributed by atoms with van der Waals surface area (Å²) in [4.78, 5) is 20.3. The lowest BCUT2D eigenvalue weighted by Gasteiger charge is -2.15. The third-order valence-corrected chi connectivity index (χ3v) is 3.57. The van der Waals surface area contributed by atoms with Crippen molar-refractivity contribution in [2.75, 3.05) is 32.2 Å². The lowest BCUT2D eigenvalue weighted by atomic mass is 10.2. The van der Waals surface area contributed by atoms with E-state index in [4.69, 9.17) is 9.47 Å². The molecule has 2 heterocycles. The summed E-state index contributed by atoms with van der Waals surface area (Å²) >= 11 is 0. The Balaban J connectivity index is 1.71. The summed E-state index contributed by atoms with van der Waals surface area (Å²) in [5, 5.41) is 5.61. The number of nitrogens with zero attached hydrogens (tertiary/aromatic N) is 3. The lowest BCUT2D eigenvalue weighted by Crippen LogP contribution is -2.33. The highest BCUT2D eigenvalue weighted by Gasteiger charge is 2.08. The number of amides is 2. The van der Waals surface area contributed by atoms with Crippen LogP contribution in [0.15, 0.2) is 30.7 Å². The number of urea groups is 1. The summed E-state index contributed by atoms with van der Waals surface area (Å²) in [5.41, 5.74) is 0.606. The first-order valence-corrected chi connectivity index (χ1v) is 8.19. The molecule has 2 rings (SSSR count). The predicted molar refractivity (Wildman–Crippen MR) is 94.8 cm³/mol. The van der Waals surface area contributed by atoms with Crippen LogP contribution in [0, 0.1) is 12.8 Å². The van der Waals surface area contributed by atoms with E-state index in [1.165, 1.54) is 0 Å². The van der Waals surface area contributed by atoms with E-state index in [0.29, 0.717) is 31.3 Å². The predicted octanol–water partition coefficient (Wildman–Crippen LogP) is 2.07. The van der Waals surface area contributed by atoms with Crippen LogP contribution >= 0.6 is 0 Å². The number of aromatic nitrogens is 3. The minimum atomic E-state index is -0.260. The van der Waals surface area contributed by atoms with Gasteiger partial charge in [-0.2, -0.15) is 0 Å². The molecule has 0 spiro atoms. The number of imidazole rings is 1. The molecule has 2 aromatic rings. The van der Waals surface area contributed by atoms with Crippen molar-refractivity contribution < 1.29 is 14.3 Å². The second kappa shape index (κ2) is 9.63. The summed E-state index contributed by atoms with van der Waals surface area (Å²) in [6.45, 7) is 6.35. The number of hydrogen-bond acceptors (Lipinski definition) is 5. The van der Waals surface area contributed by atoms with Gasteiger partial charge in [0.05, 0.1) is 18.5 Å². The number of methoxy groups -OCH3 is 1. The number of ether oxygens (including phenoxy) is 2. The number of rotatable bonds is 9. The van der Waals surface area contributed by atoms with Crippen LogP contribution in [0.4, 0.5) is 10.5 Å². The van der Waals surface area contributed by atoms with Crippen LogP contribution in [0.2, 0.25) is 0 Å². The summed E-state index contributed by atoms with van der Waals surface area (Å²) < 4.78 is 12.3. The highest BCUT2D eigenvalue weighted by Crippen LogP contribution is 2.11. The normalized spacial score (nSPS) is 11.8. The van der Waals surface area contributed by atoms with Gasteiger partial charge < -0.3 is 24.7 Å². The van der Waals surface area contributed by atoms with Gasteiger partial charge in [-0.25, -0.2) is 14.8 Å². The van der Waals surface area contributed by atoms with Crippen LogP contribution < -0.4 is 15.4 Å². The van der Waals surface area contributed by atoms with E-state index in [2.05, 4.69) is 32.1 Å². The first-order chi connectivity index (χ1) is 12.1. The lowest BCUT2D eigenvalue weighted by molar-refractivity contribution is 0.144. The van der Waals surface area contributed by atoms with Gasteiger partial charge >= 0.3 is 6.03 Å². The van der Waals surface area contributed by atoms with Crippen molar-refractivity contribution in [1.82, 2.24) is 19.9 Å². The molecule has 0 fully saturated rings. The molecule has 0 aromatic carbocycles.